The summed E-state index contributed by atoms with van der Waals surface area (Å²) in [7, 11) is 3.50. The SMILES string of the molecule is CN=C(NCCc1ccc(C)c(OC)c1)NCc1cccnc1N1CCOCC1. The predicted molar refractivity (Wildman–Crippen MR) is 117 cm³/mol. The molecule has 0 radical (unpaired) electrons. The Balaban J connectivity index is 1.52. The molecular formula is C22H31N5O2. The minimum absolute atomic E-state index is 0.665. The molecule has 0 bridgehead atoms. The first-order chi connectivity index (χ1) is 14.2. The molecule has 2 heterocycles. The zero-order valence-electron chi connectivity index (χ0n) is 17.6. The van der Waals surface area contributed by atoms with Crippen molar-refractivity contribution in [1.29, 1.82) is 0 Å². The molecule has 1 fully saturated rings. The third kappa shape index (κ3) is 5.84. The summed E-state index contributed by atoms with van der Waals surface area (Å²) in [5.74, 6) is 2.73. The number of anilines is 1. The molecule has 7 heteroatoms. The standard InChI is InChI=1S/C22H31N5O2/c1-17-6-7-18(15-20(17)28-3)8-10-25-22(23-2)26-16-19-5-4-9-24-21(19)27-11-13-29-14-12-27/h4-7,9,15H,8,10-14,16H2,1-3H3,(H2,23,25,26). The lowest BCUT2D eigenvalue weighted by Gasteiger charge is -2.29. The van der Waals surface area contributed by atoms with Crippen LogP contribution in [0, 0.1) is 6.92 Å². The zero-order valence-corrected chi connectivity index (χ0v) is 17.6. The third-order valence-corrected chi connectivity index (χ3v) is 5.03. The van der Waals surface area contributed by atoms with Gasteiger partial charge >= 0.3 is 0 Å². The summed E-state index contributed by atoms with van der Waals surface area (Å²) in [6, 6.07) is 10.4. The van der Waals surface area contributed by atoms with Crippen molar-refractivity contribution < 1.29 is 9.47 Å². The fraction of sp³-hybridized carbons (Fsp3) is 0.455. The van der Waals surface area contributed by atoms with Crippen molar-refractivity contribution in [2.45, 2.75) is 19.9 Å². The predicted octanol–water partition coefficient (Wildman–Crippen LogP) is 2.14. The Kier molecular flexibility index (Phi) is 7.69. The van der Waals surface area contributed by atoms with E-state index in [1.165, 1.54) is 5.56 Å². The van der Waals surface area contributed by atoms with E-state index < -0.39 is 0 Å². The van der Waals surface area contributed by atoms with E-state index in [0.29, 0.717) is 6.54 Å². The lowest BCUT2D eigenvalue weighted by atomic mass is 10.1. The van der Waals surface area contributed by atoms with Crippen molar-refractivity contribution in [2.75, 3.05) is 51.9 Å². The van der Waals surface area contributed by atoms with Crippen LogP contribution in [0.5, 0.6) is 5.75 Å². The van der Waals surface area contributed by atoms with Crippen LogP contribution >= 0.6 is 0 Å². The smallest absolute Gasteiger partial charge is 0.191 e. The number of aryl methyl sites for hydroxylation is 1. The van der Waals surface area contributed by atoms with E-state index in [4.69, 9.17) is 9.47 Å². The summed E-state index contributed by atoms with van der Waals surface area (Å²) in [5.41, 5.74) is 3.53. The summed E-state index contributed by atoms with van der Waals surface area (Å²) < 4.78 is 10.9. The minimum atomic E-state index is 0.665. The average molecular weight is 398 g/mol. The van der Waals surface area contributed by atoms with Gasteiger partial charge in [0, 0.05) is 45.0 Å². The van der Waals surface area contributed by atoms with Gasteiger partial charge in [0.15, 0.2) is 5.96 Å². The number of pyridine rings is 1. The van der Waals surface area contributed by atoms with Gasteiger partial charge in [0.05, 0.1) is 20.3 Å². The molecule has 29 heavy (non-hydrogen) atoms. The van der Waals surface area contributed by atoms with E-state index in [1.54, 1.807) is 14.2 Å². The highest BCUT2D eigenvalue weighted by atomic mass is 16.5. The van der Waals surface area contributed by atoms with E-state index in [2.05, 4.69) is 56.7 Å². The summed E-state index contributed by atoms with van der Waals surface area (Å²) in [6.45, 7) is 6.74. The quantitative estimate of drug-likeness (QED) is 0.551. The van der Waals surface area contributed by atoms with Crippen molar-refractivity contribution in [2.24, 2.45) is 4.99 Å². The summed E-state index contributed by atoms with van der Waals surface area (Å²) in [6.07, 6.45) is 2.74. The Morgan fingerprint density at radius 3 is 2.83 bits per heavy atom. The van der Waals surface area contributed by atoms with Crippen molar-refractivity contribution in [1.82, 2.24) is 15.6 Å². The topological polar surface area (TPSA) is 71.0 Å². The molecule has 1 aliphatic rings. The summed E-state index contributed by atoms with van der Waals surface area (Å²) in [5, 5.41) is 6.78. The number of nitrogens with one attached hydrogen (secondary N) is 2. The number of hydrogen-bond acceptors (Lipinski definition) is 5. The number of aliphatic imine (C=N–C) groups is 1. The number of nitrogens with zero attached hydrogens (tertiary/aromatic N) is 3. The molecule has 2 aromatic rings. The molecule has 0 atom stereocenters. The Morgan fingerprint density at radius 1 is 1.24 bits per heavy atom. The molecule has 0 aliphatic carbocycles. The molecule has 1 saturated heterocycles. The van der Waals surface area contributed by atoms with E-state index in [9.17, 15) is 0 Å². The highest BCUT2D eigenvalue weighted by molar-refractivity contribution is 5.79. The van der Waals surface area contributed by atoms with Crippen molar-refractivity contribution in [3.05, 3.63) is 53.2 Å². The second-order valence-electron chi connectivity index (χ2n) is 6.99. The number of aromatic nitrogens is 1. The molecular weight excluding hydrogens is 366 g/mol. The highest BCUT2D eigenvalue weighted by Gasteiger charge is 2.15. The van der Waals surface area contributed by atoms with E-state index in [0.717, 1.165) is 67.9 Å². The number of morpholine rings is 1. The molecule has 0 amide bonds. The van der Waals surface area contributed by atoms with Crippen molar-refractivity contribution in [3.63, 3.8) is 0 Å². The molecule has 1 aliphatic heterocycles. The Bertz CT molecular complexity index is 819. The van der Waals surface area contributed by atoms with Gasteiger partial charge in [-0.1, -0.05) is 18.2 Å². The zero-order chi connectivity index (χ0) is 20.5. The van der Waals surface area contributed by atoms with E-state index in [-0.39, 0.29) is 0 Å². The third-order valence-electron chi connectivity index (χ3n) is 5.03. The second-order valence-corrected chi connectivity index (χ2v) is 6.99. The Morgan fingerprint density at radius 2 is 2.07 bits per heavy atom. The highest BCUT2D eigenvalue weighted by Crippen LogP contribution is 2.19. The molecule has 3 rings (SSSR count). The van der Waals surface area contributed by atoms with Crippen LogP contribution in [0.2, 0.25) is 0 Å². The van der Waals surface area contributed by atoms with E-state index >= 15 is 0 Å². The molecule has 1 aromatic carbocycles. The number of hydrogen-bond donors (Lipinski definition) is 2. The first-order valence-corrected chi connectivity index (χ1v) is 10.1. The number of rotatable bonds is 7. The van der Waals surface area contributed by atoms with Crippen LogP contribution in [0.1, 0.15) is 16.7 Å². The van der Waals surface area contributed by atoms with Crippen LogP contribution in [0.15, 0.2) is 41.5 Å². The van der Waals surface area contributed by atoms with Crippen LogP contribution in [-0.2, 0) is 17.7 Å². The second kappa shape index (κ2) is 10.7. The average Bonchev–Trinajstić information content (AvgIpc) is 2.78. The van der Waals surface area contributed by atoms with Gasteiger partial charge in [-0.05, 0) is 36.6 Å². The van der Waals surface area contributed by atoms with Gasteiger partial charge in [0.1, 0.15) is 11.6 Å². The number of ether oxygens (including phenoxy) is 2. The molecule has 2 N–H and O–H groups in total. The Labute approximate surface area is 173 Å². The minimum Gasteiger partial charge on any atom is -0.496 e. The van der Waals surface area contributed by atoms with Crippen LogP contribution in [0.3, 0.4) is 0 Å². The largest absolute Gasteiger partial charge is 0.496 e. The number of benzene rings is 1. The van der Waals surface area contributed by atoms with Gasteiger partial charge in [-0.2, -0.15) is 0 Å². The number of methoxy groups -OCH3 is 1. The van der Waals surface area contributed by atoms with Crippen LogP contribution in [0.25, 0.3) is 0 Å². The van der Waals surface area contributed by atoms with Gasteiger partial charge in [0.25, 0.3) is 0 Å². The first kappa shape index (κ1) is 20.9. The van der Waals surface area contributed by atoms with Gasteiger partial charge < -0.3 is 25.0 Å². The molecule has 0 saturated carbocycles. The maximum atomic E-state index is 5.46. The van der Waals surface area contributed by atoms with Crippen molar-refractivity contribution >= 4 is 11.8 Å². The van der Waals surface area contributed by atoms with Gasteiger partial charge in [-0.15, -0.1) is 0 Å². The lowest BCUT2D eigenvalue weighted by molar-refractivity contribution is 0.122. The normalized spacial score (nSPS) is 14.6. The number of guanidine groups is 1. The van der Waals surface area contributed by atoms with Crippen LogP contribution in [0.4, 0.5) is 5.82 Å². The van der Waals surface area contributed by atoms with E-state index in [1.807, 2.05) is 12.3 Å². The van der Waals surface area contributed by atoms with Crippen LogP contribution < -0.4 is 20.3 Å². The monoisotopic (exact) mass is 397 g/mol. The van der Waals surface area contributed by atoms with Gasteiger partial charge in [0.2, 0.25) is 0 Å². The first-order valence-electron chi connectivity index (χ1n) is 10.1. The fourth-order valence-electron chi connectivity index (χ4n) is 3.37. The molecule has 1 aromatic heterocycles. The maximum absolute atomic E-state index is 5.46. The van der Waals surface area contributed by atoms with Crippen LogP contribution in [-0.4, -0.2) is 57.9 Å². The molecule has 156 valence electrons. The summed E-state index contributed by atoms with van der Waals surface area (Å²) >= 11 is 0. The lowest BCUT2D eigenvalue weighted by Crippen LogP contribution is -2.40. The maximum Gasteiger partial charge on any atom is 0.191 e. The molecule has 0 unspecified atom stereocenters. The molecule has 0 spiro atoms. The summed E-state index contributed by atoms with van der Waals surface area (Å²) in [4.78, 5) is 11.2. The van der Waals surface area contributed by atoms with Gasteiger partial charge in [-0.25, -0.2) is 4.98 Å². The molecule has 7 nitrogen and oxygen atoms in total. The van der Waals surface area contributed by atoms with Crippen molar-refractivity contribution in [3.8, 4) is 5.75 Å². The van der Waals surface area contributed by atoms with Gasteiger partial charge in [-0.3, -0.25) is 4.99 Å². The fourth-order valence-corrected chi connectivity index (χ4v) is 3.37. The Hall–Kier alpha value is -2.80.